The van der Waals surface area contributed by atoms with Gasteiger partial charge in [-0.25, -0.2) is 9.37 Å². The van der Waals surface area contributed by atoms with E-state index >= 15 is 0 Å². The van der Waals surface area contributed by atoms with Crippen LogP contribution in [0.2, 0.25) is 0 Å². The summed E-state index contributed by atoms with van der Waals surface area (Å²) in [5.74, 6) is -0.664. The molecule has 0 radical (unpaired) electrons. The first-order chi connectivity index (χ1) is 9.16. The number of carbonyl (C=O) groups excluding carboxylic acids is 1. The summed E-state index contributed by atoms with van der Waals surface area (Å²) in [6.07, 6.45) is 5.49. The summed E-state index contributed by atoms with van der Waals surface area (Å²) in [5, 5.41) is 0. The molecular formula is C13H13FN4O. The molecule has 1 atom stereocenters. The largest absolute Gasteiger partial charge is 0.320 e. The van der Waals surface area contributed by atoms with Gasteiger partial charge >= 0.3 is 0 Å². The van der Waals surface area contributed by atoms with Crippen LogP contribution in [0.4, 0.5) is 10.1 Å². The molecule has 0 unspecified atom stereocenters. The number of hydrogen-bond acceptors (Lipinski definition) is 3. The lowest BCUT2D eigenvalue weighted by Crippen LogP contribution is -2.34. The zero-order valence-corrected chi connectivity index (χ0v) is 10.2. The number of carbonyl (C=O) groups is 1. The molecule has 5 nitrogen and oxygen atoms in total. The smallest absolute Gasteiger partial charge is 0.244 e. The normalized spacial score (nSPS) is 19.2. The average Bonchev–Trinajstić information content (AvgIpc) is 3.02. The first-order valence-electron chi connectivity index (χ1n) is 6.01. The highest BCUT2D eigenvalue weighted by Gasteiger charge is 2.31. The minimum atomic E-state index is -0.521. The van der Waals surface area contributed by atoms with Crippen molar-refractivity contribution in [1.82, 2.24) is 9.55 Å². The van der Waals surface area contributed by atoms with Crippen molar-refractivity contribution in [2.24, 2.45) is 5.73 Å². The van der Waals surface area contributed by atoms with Crippen molar-refractivity contribution in [3.8, 4) is 5.69 Å². The topological polar surface area (TPSA) is 64.2 Å². The third-order valence-corrected chi connectivity index (χ3v) is 3.27. The Kier molecular flexibility index (Phi) is 2.79. The van der Waals surface area contributed by atoms with E-state index in [-0.39, 0.29) is 11.6 Å². The molecular weight excluding hydrogens is 247 g/mol. The van der Waals surface area contributed by atoms with Crippen LogP contribution in [0.1, 0.15) is 6.42 Å². The van der Waals surface area contributed by atoms with Crippen LogP contribution < -0.4 is 10.6 Å². The van der Waals surface area contributed by atoms with Gasteiger partial charge < -0.3 is 15.2 Å². The van der Waals surface area contributed by atoms with Gasteiger partial charge in [0.2, 0.25) is 5.91 Å². The maximum Gasteiger partial charge on any atom is 0.244 e. The van der Waals surface area contributed by atoms with E-state index in [0.29, 0.717) is 18.7 Å². The Morgan fingerprint density at radius 1 is 1.42 bits per heavy atom. The van der Waals surface area contributed by atoms with Gasteiger partial charge in [0.25, 0.3) is 0 Å². The van der Waals surface area contributed by atoms with E-state index in [1.54, 1.807) is 35.4 Å². The molecule has 1 aliphatic heterocycles. The van der Waals surface area contributed by atoms with Crippen molar-refractivity contribution in [2.45, 2.75) is 12.5 Å². The molecule has 0 spiro atoms. The van der Waals surface area contributed by atoms with Crippen molar-refractivity contribution in [1.29, 1.82) is 0 Å². The van der Waals surface area contributed by atoms with Gasteiger partial charge in [0.1, 0.15) is 5.82 Å². The van der Waals surface area contributed by atoms with Gasteiger partial charge in [-0.2, -0.15) is 0 Å². The van der Waals surface area contributed by atoms with Crippen molar-refractivity contribution < 1.29 is 9.18 Å². The predicted octanol–water partition coefficient (Wildman–Crippen LogP) is 1.08. The second kappa shape index (κ2) is 4.47. The number of rotatable bonds is 2. The fourth-order valence-electron chi connectivity index (χ4n) is 2.23. The number of benzene rings is 1. The SMILES string of the molecule is N[C@H]1CCN(c2ccc(-n3ccnc3)cc2F)C1=O. The van der Waals surface area contributed by atoms with Gasteiger partial charge in [-0.15, -0.1) is 0 Å². The van der Waals surface area contributed by atoms with Gasteiger partial charge in [-0.05, 0) is 18.6 Å². The predicted molar refractivity (Wildman–Crippen MR) is 68.5 cm³/mol. The third kappa shape index (κ3) is 2.00. The Bertz CT molecular complexity index is 611. The number of halogens is 1. The Balaban J connectivity index is 1.95. The van der Waals surface area contributed by atoms with Gasteiger partial charge in [-0.1, -0.05) is 0 Å². The monoisotopic (exact) mass is 260 g/mol. The summed E-state index contributed by atoms with van der Waals surface area (Å²) in [7, 11) is 0. The molecule has 1 amide bonds. The van der Waals surface area contributed by atoms with Crippen molar-refractivity contribution in [3.05, 3.63) is 42.7 Å². The maximum absolute atomic E-state index is 14.1. The number of hydrogen-bond donors (Lipinski definition) is 1. The van der Waals surface area contributed by atoms with Crippen LogP contribution in [0.15, 0.2) is 36.9 Å². The van der Waals surface area contributed by atoms with Crippen LogP contribution in [0.25, 0.3) is 5.69 Å². The van der Waals surface area contributed by atoms with Crippen LogP contribution in [0.5, 0.6) is 0 Å². The molecule has 2 aromatic rings. The lowest BCUT2D eigenvalue weighted by Gasteiger charge is -2.17. The number of anilines is 1. The van der Waals surface area contributed by atoms with E-state index in [1.807, 2.05) is 0 Å². The Morgan fingerprint density at radius 2 is 2.26 bits per heavy atom. The molecule has 1 aliphatic rings. The first-order valence-corrected chi connectivity index (χ1v) is 6.01. The summed E-state index contributed by atoms with van der Waals surface area (Å²) < 4.78 is 15.8. The lowest BCUT2D eigenvalue weighted by atomic mass is 10.2. The standard InChI is InChI=1S/C13H13FN4O/c14-10-7-9(17-6-4-16-8-17)1-2-12(10)18-5-3-11(15)13(18)19/h1-2,4,6-8,11H,3,5,15H2/t11-/m0/s1. The summed E-state index contributed by atoms with van der Waals surface area (Å²) in [4.78, 5) is 17.1. The Labute approximate surface area is 109 Å². The number of nitrogens with two attached hydrogens (primary N) is 1. The number of nitrogens with zero attached hydrogens (tertiary/aromatic N) is 3. The van der Waals surface area contributed by atoms with Gasteiger partial charge in [0, 0.05) is 30.7 Å². The minimum Gasteiger partial charge on any atom is -0.320 e. The third-order valence-electron chi connectivity index (χ3n) is 3.27. The number of amides is 1. The second-order valence-electron chi connectivity index (χ2n) is 4.49. The number of imidazole rings is 1. The second-order valence-corrected chi connectivity index (χ2v) is 4.49. The Morgan fingerprint density at radius 3 is 2.84 bits per heavy atom. The van der Waals surface area contributed by atoms with Crippen molar-refractivity contribution in [3.63, 3.8) is 0 Å². The van der Waals surface area contributed by atoms with E-state index in [0.717, 1.165) is 0 Å². The average molecular weight is 260 g/mol. The van der Waals surface area contributed by atoms with Gasteiger partial charge in [-0.3, -0.25) is 4.79 Å². The van der Waals surface area contributed by atoms with Crippen LogP contribution in [0, 0.1) is 5.82 Å². The molecule has 0 aliphatic carbocycles. The van der Waals surface area contributed by atoms with E-state index in [9.17, 15) is 9.18 Å². The first kappa shape index (κ1) is 11.9. The molecule has 1 fully saturated rings. The molecule has 2 N–H and O–H groups in total. The quantitative estimate of drug-likeness (QED) is 0.878. The molecule has 1 aromatic heterocycles. The molecule has 0 bridgehead atoms. The Hall–Kier alpha value is -2.21. The molecule has 2 heterocycles. The van der Waals surface area contributed by atoms with Crippen molar-refractivity contribution >= 4 is 11.6 Å². The zero-order valence-electron chi connectivity index (χ0n) is 10.2. The molecule has 0 saturated carbocycles. The van der Waals surface area contributed by atoms with Crippen LogP contribution >= 0.6 is 0 Å². The molecule has 98 valence electrons. The fraction of sp³-hybridized carbons (Fsp3) is 0.231. The van der Waals surface area contributed by atoms with Gasteiger partial charge in [0.05, 0.1) is 18.1 Å². The van der Waals surface area contributed by atoms with Crippen LogP contribution in [0.3, 0.4) is 0 Å². The molecule has 19 heavy (non-hydrogen) atoms. The highest BCUT2D eigenvalue weighted by Crippen LogP contribution is 2.26. The van der Waals surface area contributed by atoms with E-state index in [1.165, 1.54) is 11.0 Å². The summed E-state index contributed by atoms with van der Waals surface area (Å²) in [6, 6.07) is 4.21. The van der Waals surface area contributed by atoms with Gasteiger partial charge in [0.15, 0.2) is 0 Å². The molecule has 1 saturated heterocycles. The number of aromatic nitrogens is 2. The molecule has 6 heteroatoms. The highest BCUT2D eigenvalue weighted by molar-refractivity contribution is 5.99. The maximum atomic E-state index is 14.1. The lowest BCUT2D eigenvalue weighted by molar-refractivity contribution is -0.118. The minimum absolute atomic E-state index is 0.228. The fourth-order valence-corrected chi connectivity index (χ4v) is 2.23. The van der Waals surface area contributed by atoms with E-state index < -0.39 is 11.9 Å². The summed E-state index contributed by atoms with van der Waals surface area (Å²) in [6.45, 7) is 0.460. The summed E-state index contributed by atoms with van der Waals surface area (Å²) in [5.41, 5.74) is 6.58. The summed E-state index contributed by atoms with van der Waals surface area (Å²) >= 11 is 0. The van der Waals surface area contributed by atoms with E-state index in [2.05, 4.69) is 4.98 Å². The van der Waals surface area contributed by atoms with Crippen LogP contribution in [-0.4, -0.2) is 28.0 Å². The van der Waals surface area contributed by atoms with Crippen molar-refractivity contribution in [2.75, 3.05) is 11.4 Å². The van der Waals surface area contributed by atoms with E-state index in [4.69, 9.17) is 5.73 Å². The highest BCUT2D eigenvalue weighted by atomic mass is 19.1. The molecule has 1 aromatic carbocycles. The molecule has 3 rings (SSSR count). The zero-order chi connectivity index (χ0) is 13.4. The van der Waals surface area contributed by atoms with Crippen LogP contribution in [-0.2, 0) is 4.79 Å².